The second kappa shape index (κ2) is 4.56. The summed E-state index contributed by atoms with van der Waals surface area (Å²) < 4.78 is 19.4. The molecule has 3 rings (SSSR count). The molecule has 1 aliphatic rings. The van der Waals surface area contributed by atoms with Crippen LogP contribution in [0.2, 0.25) is 0 Å². The molecule has 0 aliphatic carbocycles. The van der Waals surface area contributed by atoms with Crippen LogP contribution < -0.4 is 5.73 Å². The Kier molecular flexibility index (Phi) is 2.97. The summed E-state index contributed by atoms with van der Waals surface area (Å²) in [6, 6.07) is 0. The Hall–Kier alpha value is -1.95. The van der Waals surface area contributed by atoms with Crippen LogP contribution in [-0.4, -0.2) is 65.2 Å². The van der Waals surface area contributed by atoms with Gasteiger partial charge in [-0.05, 0) is 0 Å². The zero-order chi connectivity index (χ0) is 14.4. The second-order valence-electron chi connectivity index (χ2n) is 4.31. The topological polar surface area (TPSA) is 152 Å². The van der Waals surface area contributed by atoms with E-state index in [9.17, 15) is 14.6 Å². The molecule has 4 atom stereocenters. The molecular formula is C9H11FN6O4. The van der Waals surface area contributed by atoms with Crippen molar-refractivity contribution in [3.8, 4) is 0 Å². The summed E-state index contributed by atoms with van der Waals surface area (Å²) in [4.78, 5) is 6.79. The zero-order valence-electron chi connectivity index (χ0n) is 9.96. The molecule has 2 aromatic heterocycles. The predicted molar refractivity (Wildman–Crippen MR) is 60.5 cm³/mol. The van der Waals surface area contributed by atoms with Gasteiger partial charge in [-0.15, -0.1) is 5.10 Å². The molecule has 0 bridgehead atoms. The van der Waals surface area contributed by atoms with Gasteiger partial charge in [0.05, 0.1) is 6.61 Å². The minimum absolute atomic E-state index is 0.0455. The number of hydrogen-bond donors (Lipinski definition) is 4. The van der Waals surface area contributed by atoms with Crippen LogP contribution in [0, 0.1) is 6.08 Å². The first-order chi connectivity index (χ1) is 9.52. The van der Waals surface area contributed by atoms with Crippen molar-refractivity contribution in [2.45, 2.75) is 24.5 Å². The molecule has 1 unspecified atom stereocenters. The fraction of sp³-hybridized carbons (Fsp3) is 0.556. The SMILES string of the molecule is Nc1nc(F)nc2c1nnn2C1O[C@H](CO)[C@@H](O)[C@H]1O. The van der Waals surface area contributed by atoms with E-state index in [0.717, 1.165) is 4.68 Å². The van der Waals surface area contributed by atoms with Crippen LogP contribution in [0.3, 0.4) is 0 Å². The molecule has 2 aromatic rings. The number of anilines is 1. The second-order valence-corrected chi connectivity index (χ2v) is 4.31. The summed E-state index contributed by atoms with van der Waals surface area (Å²) >= 11 is 0. The molecule has 10 nitrogen and oxygen atoms in total. The summed E-state index contributed by atoms with van der Waals surface area (Å²) in [5.41, 5.74) is 5.45. The Morgan fingerprint density at radius 3 is 2.70 bits per heavy atom. The van der Waals surface area contributed by atoms with E-state index in [1.54, 1.807) is 0 Å². The van der Waals surface area contributed by atoms with Gasteiger partial charge in [0.1, 0.15) is 18.3 Å². The van der Waals surface area contributed by atoms with Gasteiger partial charge in [0.2, 0.25) is 0 Å². The standard InChI is InChI=1S/C9H11FN6O4/c10-9-12-6(11)3-7(13-9)16(15-14-3)8-5(19)4(18)2(1-17)20-8/h2,4-5,8,17-19H,1H2,(H2,11,12,13)/t2-,4-,5-,8?/m1/s1. The Labute approximate surface area is 110 Å². The smallest absolute Gasteiger partial charge is 0.312 e. The summed E-state index contributed by atoms with van der Waals surface area (Å²) in [5, 5.41) is 35.9. The number of halogens is 1. The molecule has 1 saturated heterocycles. The van der Waals surface area contributed by atoms with Crippen LogP contribution >= 0.6 is 0 Å². The van der Waals surface area contributed by atoms with Crippen LogP contribution in [0.4, 0.5) is 10.2 Å². The highest BCUT2D eigenvalue weighted by atomic mass is 19.1. The van der Waals surface area contributed by atoms with Gasteiger partial charge in [0.15, 0.2) is 23.2 Å². The third-order valence-electron chi connectivity index (χ3n) is 3.08. The maximum Gasteiger partial charge on any atom is 0.312 e. The Morgan fingerprint density at radius 2 is 2.05 bits per heavy atom. The summed E-state index contributed by atoms with van der Waals surface area (Å²) in [5.74, 6) is -0.203. The van der Waals surface area contributed by atoms with Gasteiger partial charge in [-0.25, -0.2) is 0 Å². The number of aromatic nitrogens is 5. The number of rotatable bonds is 2. The summed E-state index contributed by atoms with van der Waals surface area (Å²) in [7, 11) is 0. The molecule has 0 amide bonds. The van der Waals surface area contributed by atoms with E-state index in [1.807, 2.05) is 0 Å². The molecule has 20 heavy (non-hydrogen) atoms. The van der Waals surface area contributed by atoms with Crippen molar-refractivity contribution in [1.82, 2.24) is 25.0 Å². The predicted octanol–water partition coefficient (Wildman–Crippen LogP) is -2.45. The van der Waals surface area contributed by atoms with Crippen LogP contribution in [0.1, 0.15) is 6.23 Å². The lowest BCUT2D eigenvalue weighted by Crippen LogP contribution is -2.33. The zero-order valence-corrected chi connectivity index (χ0v) is 9.96. The normalized spacial score (nSPS) is 30.2. The third kappa shape index (κ3) is 1.79. The quantitative estimate of drug-likeness (QED) is 0.441. The van der Waals surface area contributed by atoms with Gasteiger partial charge in [-0.1, -0.05) is 5.21 Å². The highest BCUT2D eigenvalue weighted by molar-refractivity contribution is 5.80. The Balaban J connectivity index is 2.07. The van der Waals surface area contributed by atoms with Gasteiger partial charge in [0.25, 0.3) is 0 Å². The highest BCUT2D eigenvalue weighted by Crippen LogP contribution is 2.30. The first-order valence-corrected chi connectivity index (χ1v) is 5.69. The van der Waals surface area contributed by atoms with Gasteiger partial charge in [-0.2, -0.15) is 19.0 Å². The monoisotopic (exact) mass is 286 g/mol. The lowest BCUT2D eigenvalue weighted by atomic mass is 10.1. The van der Waals surface area contributed by atoms with Crippen molar-refractivity contribution in [3.63, 3.8) is 0 Å². The van der Waals surface area contributed by atoms with Gasteiger partial charge < -0.3 is 25.8 Å². The Bertz CT molecular complexity index is 651. The molecule has 1 fully saturated rings. The van der Waals surface area contributed by atoms with Crippen molar-refractivity contribution in [1.29, 1.82) is 0 Å². The van der Waals surface area contributed by atoms with Crippen molar-refractivity contribution in [3.05, 3.63) is 6.08 Å². The maximum absolute atomic E-state index is 13.2. The third-order valence-corrected chi connectivity index (χ3v) is 3.08. The lowest BCUT2D eigenvalue weighted by molar-refractivity contribution is -0.0575. The minimum Gasteiger partial charge on any atom is -0.394 e. The van der Waals surface area contributed by atoms with Gasteiger partial charge >= 0.3 is 6.08 Å². The van der Waals surface area contributed by atoms with Crippen molar-refractivity contribution in [2.75, 3.05) is 12.3 Å². The number of aliphatic hydroxyl groups is 3. The number of hydrogen-bond acceptors (Lipinski definition) is 9. The van der Waals surface area contributed by atoms with Crippen LogP contribution in [-0.2, 0) is 4.74 Å². The lowest BCUT2D eigenvalue weighted by Gasteiger charge is -2.14. The van der Waals surface area contributed by atoms with Crippen LogP contribution in [0.25, 0.3) is 11.2 Å². The van der Waals surface area contributed by atoms with Crippen molar-refractivity contribution in [2.24, 2.45) is 0 Å². The first kappa shape index (κ1) is 13.1. The highest BCUT2D eigenvalue weighted by Gasteiger charge is 2.44. The van der Waals surface area contributed by atoms with Crippen molar-refractivity contribution < 1.29 is 24.4 Å². The number of ether oxygens (including phenoxy) is 1. The Morgan fingerprint density at radius 1 is 1.30 bits per heavy atom. The molecular weight excluding hydrogens is 275 g/mol. The van der Waals surface area contributed by atoms with E-state index < -0.39 is 37.2 Å². The molecule has 108 valence electrons. The number of nitrogens with two attached hydrogens (primary N) is 1. The van der Waals surface area contributed by atoms with Crippen LogP contribution in [0.15, 0.2) is 0 Å². The van der Waals surface area contributed by atoms with E-state index >= 15 is 0 Å². The van der Waals surface area contributed by atoms with E-state index in [4.69, 9.17) is 15.6 Å². The van der Waals surface area contributed by atoms with Gasteiger partial charge in [-0.3, -0.25) is 0 Å². The molecule has 0 radical (unpaired) electrons. The van der Waals surface area contributed by atoms with E-state index in [-0.39, 0.29) is 17.0 Å². The van der Waals surface area contributed by atoms with Crippen LogP contribution in [0.5, 0.6) is 0 Å². The molecule has 5 N–H and O–H groups in total. The number of nitrogen functional groups attached to an aromatic ring is 1. The maximum atomic E-state index is 13.2. The minimum atomic E-state index is -1.38. The fourth-order valence-corrected chi connectivity index (χ4v) is 2.08. The van der Waals surface area contributed by atoms with E-state index in [0.29, 0.717) is 0 Å². The summed E-state index contributed by atoms with van der Waals surface area (Å²) in [6.07, 6.45) is -5.92. The van der Waals surface area contributed by atoms with Crippen molar-refractivity contribution >= 4 is 17.0 Å². The van der Waals surface area contributed by atoms with E-state index in [2.05, 4.69) is 20.3 Å². The molecule has 11 heteroatoms. The summed E-state index contributed by atoms with van der Waals surface area (Å²) in [6.45, 7) is -0.493. The molecule has 3 heterocycles. The van der Waals surface area contributed by atoms with E-state index in [1.165, 1.54) is 0 Å². The average Bonchev–Trinajstić information content (AvgIpc) is 2.93. The average molecular weight is 286 g/mol. The molecule has 1 aliphatic heterocycles. The largest absolute Gasteiger partial charge is 0.394 e. The molecule has 0 saturated carbocycles. The molecule has 0 aromatic carbocycles. The number of fused-ring (bicyclic) bond motifs is 1. The molecule has 0 spiro atoms. The number of aliphatic hydroxyl groups excluding tert-OH is 3. The first-order valence-electron chi connectivity index (χ1n) is 5.69. The van der Waals surface area contributed by atoms with Gasteiger partial charge in [0, 0.05) is 0 Å². The fourth-order valence-electron chi connectivity index (χ4n) is 2.08. The number of nitrogens with zero attached hydrogens (tertiary/aromatic N) is 5.